The van der Waals surface area contributed by atoms with Crippen molar-refractivity contribution in [3.05, 3.63) is 35.9 Å². The zero-order valence-electron chi connectivity index (χ0n) is 13.3. The van der Waals surface area contributed by atoms with E-state index >= 15 is 0 Å². The maximum atomic E-state index is 12.1. The molecule has 1 heterocycles. The van der Waals surface area contributed by atoms with Crippen LogP contribution in [0.1, 0.15) is 38.3 Å². The van der Waals surface area contributed by atoms with E-state index in [9.17, 15) is 9.59 Å². The summed E-state index contributed by atoms with van der Waals surface area (Å²) in [5, 5.41) is 5.58. The van der Waals surface area contributed by atoms with Crippen molar-refractivity contribution in [3.63, 3.8) is 0 Å². The molecule has 2 amide bonds. The fraction of sp³-hybridized carbons (Fsp3) is 0.529. The van der Waals surface area contributed by atoms with Gasteiger partial charge in [0.05, 0.1) is 6.04 Å². The highest BCUT2D eigenvalue weighted by Gasteiger charge is 2.24. The minimum absolute atomic E-state index is 0.143. The third-order valence-electron chi connectivity index (χ3n) is 4.05. The first-order valence-corrected chi connectivity index (χ1v) is 7.91. The highest BCUT2D eigenvalue weighted by atomic mass is 16.2. The van der Waals surface area contributed by atoms with Crippen molar-refractivity contribution >= 4 is 11.8 Å². The summed E-state index contributed by atoms with van der Waals surface area (Å²) in [7, 11) is 0. The molecule has 0 bridgehead atoms. The molecule has 1 aliphatic rings. The summed E-state index contributed by atoms with van der Waals surface area (Å²) in [5.41, 5.74) is 1.22. The zero-order valence-corrected chi connectivity index (χ0v) is 13.3. The van der Waals surface area contributed by atoms with Crippen LogP contribution in [0.3, 0.4) is 0 Å². The number of likely N-dealkylation sites (tertiary alicyclic amines) is 1. The van der Waals surface area contributed by atoms with Gasteiger partial charge >= 0.3 is 0 Å². The summed E-state index contributed by atoms with van der Waals surface area (Å²) in [4.78, 5) is 25.5. The van der Waals surface area contributed by atoms with E-state index in [-0.39, 0.29) is 17.9 Å². The van der Waals surface area contributed by atoms with Crippen molar-refractivity contribution in [3.8, 4) is 0 Å². The lowest BCUT2D eigenvalue weighted by Gasteiger charge is -2.28. The quantitative estimate of drug-likeness (QED) is 0.836. The standard InChI is InChI=1S/C17H25N3O2/c1-13(19-14(2)21)17(22)18-12-16(20-10-6-7-11-20)15-8-4-3-5-9-15/h3-5,8-9,13,16H,6-7,10-12H2,1-2H3,(H,18,22)(H,19,21). The van der Waals surface area contributed by atoms with Crippen molar-refractivity contribution in [2.75, 3.05) is 19.6 Å². The maximum Gasteiger partial charge on any atom is 0.242 e. The average Bonchev–Trinajstić information content (AvgIpc) is 3.02. The molecule has 0 aliphatic carbocycles. The van der Waals surface area contributed by atoms with Crippen LogP contribution < -0.4 is 10.6 Å². The van der Waals surface area contributed by atoms with Gasteiger partial charge in [-0.25, -0.2) is 0 Å². The second-order valence-corrected chi connectivity index (χ2v) is 5.84. The number of carbonyl (C=O) groups is 2. The molecule has 0 saturated carbocycles. The first kappa shape index (κ1) is 16.5. The molecule has 120 valence electrons. The molecule has 2 unspecified atom stereocenters. The monoisotopic (exact) mass is 303 g/mol. The molecule has 1 aromatic carbocycles. The van der Waals surface area contributed by atoms with E-state index in [1.165, 1.54) is 25.3 Å². The number of carbonyl (C=O) groups excluding carboxylic acids is 2. The van der Waals surface area contributed by atoms with Crippen LogP contribution in [-0.2, 0) is 9.59 Å². The van der Waals surface area contributed by atoms with Crippen molar-refractivity contribution in [2.45, 2.75) is 38.8 Å². The topological polar surface area (TPSA) is 61.4 Å². The Hall–Kier alpha value is -1.88. The predicted molar refractivity (Wildman–Crippen MR) is 86.3 cm³/mol. The average molecular weight is 303 g/mol. The van der Waals surface area contributed by atoms with E-state index in [0.29, 0.717) is 6.54 Å². The molecule has 0 spiro atoms. The Labute approximate surface area is 132 Å². The molecular formula is C17H25N3O2. The van der Waals surface area contributed by atoms with E-state index in [2.05, 4.69) is 27.7 Å². The predicted octanol–water partition coefficient (Wildman–Crippen LogP) is 1.46. The van der Waals surface area contributed by atoms with E-state index in [1.807, 2.05) is 18.2 Å². The van der Waals surface area contributed by atoms with Crippen LogP contribution in [0.4, 0.5) is 0 Å². The van der Waals surface area contributed by atoms with Crippen LogP contribution in [0.2, 0.25) is 0 Å². The number of hydrogen-bond acceptors (Lipinski definition) is 3. The number of nitrogens with one attached hydrogen (secondary N) is 2. The maximum absolute atomic E-state index is 12.1. The number of amides is 2. The zero-order chi connectivity index (χ0) is 15.9. The largest absolute Gasteiger partial charge is 0.352 e. The van der Waals surface area contributed by atoms with Gasteiger partial charge in [0.2, 0.25) is 11.8 Å². The third kappa shape index (κ3) is 4.56. The number of rotatable bonds is 6. The molecule has 5 heteroatoms. The molecule has 2 rings (SSSR count). The van der Waals surface area contributed by atoms with E-state index in [4.69, 9.17) is 0 Å². The molecule has 1 saturated heterocycles. The lowest BCUT2D eigenvalue weighted by atomic mass is 10.1. The molecule has 1 fully saturated rings. The summed E-state index contributed by atoms with van der Waals surface area (Å²) < 4.78 is 0. The van der Waals surface area contributed by atoms with Gasteiger partial charge in [-0.2, -0.15) is 0 Å². The highest BCUT2D eigenvalue weighted by molar-refractivity contribution is 5.86. The van der Waals surface area contributed by atoms with Crippen LogP contribution in [0, 0.1) is 0 Å². The minimum Gasteiger partial charge on any atom is -0.352 e. The van der Waals surface area contributed by atoms with Gasteiger partial charge in [0.15, 0.2) is 0 Å². The smallest absolute Gasteiger partial charge is 0.242 e. The van der Waals surface area contributed by atoms with Crippen LogP contribution in [-0.4, -0.2) is 42.4 Å². The molecule has 0 radical (unpaired) electrons. The van der Waals surface area contributed by atoms with Gasteiger partial charge < -0.3 is 10.6 Å². The summed E-state index contributed by atoms with van der Waals surface area (Å²) in [6, 6.07) is 9.95. The minimum atomic E-state index is -0.507. The summed E-state index contributed by atoms with van der Waals surface area (Å²) >= 11 is 0. The Morgan fingerprint density at radius 2 is 1.82 bits per heavy atom. The molecule has 1 aliphatic heterocycles. The van der Waals surface area contributed by atoms with Gasteiger partial charge in [-0.1, -0.05) is 30.3 Å². The van der Waals surface area contributed by atoms with E-state index in [1.54, 1.807) is 6.92 Å². The van der Waals surface area contributed by atoms with Gasteiger partial charge in [-0.05, 0) is 38.4 Å². The number of benzene rings is 1. The molecule has 0 aromatic heterocycles. The number of nitrogens with zero attached hydrogens (tertiary/aromatic N) is 1. The fourth-order valence-corrected chi connectivity index (χ4v) is 2.91. The molecular weight excluding hydrogens is 278 g/mol. The molecule has 5 nitrogen and oxygen atoms in total. The van der Waals surface area contributed by atoms with Gasteiger partial charge in [-0.3, -0.25) is 14.5 Å². The van der Waals surface area contributed by atoms with Crippen molar-refractivity contribution < 1.29 is 9.59 Å². The van der Waals surface area contributed by atoms with Crippen LogP contribution in [0.5, 0.6) is 0 Å². The number of hydrogen-bond donors (Lipinski definition) is 2. The van der Waals surface area contributed by atoms with Crippen molar-refractivity contribution in [1.82, 2.24) is 15.5 Å². The second kappa shape index (κ2) is 7.94. The molecule has 1 aromatic rings. The second-order valence-electron chi connectivity index (χ2n) is 5.84. The Kier molecular flexibility index (Phi) is 5.95. The van der Waals surface area contributed by atoms with Gasteiger partial charge in [0, 0.05) is 13.5 Å². The summed E-state index contributed by atoms with van der Waals surface area (Å²) in [6.07, 6.45) is 2.42. The third-order valence-corrected chi connectivity index (χ3v) is 4.05. The van der Waals surface area contributed by atoms with E-state index < -0.39 is 6.04 Å². The van der Waals surface area contributed by atoms with Crippen LogP contribution >= 0.6 is 0 Å². The summed E-state index contributed by atoms with van der Waals surface area (Å²) in [6.45, 7) is 5.81. The SMILES string of the molecule is CC(=O)NC(C)C(=O)NCC(c1ccccc1)N1CCCC1. The normalized spacial score (nSPS) is 17.7. The molecule has 2 atom stereocenters. The summed E-state index contributed by atoms with van der Waals surface area (Å²) in [5.74, 6) is -0.336. The van der Waals surface area contributed by atoms with E-state index in [0.717, 1.165) is 13.1 Å². The Morgan fingerprint density at radius 1 is 1.18 bits per heavy atom. The molecule has 22 heavy (non-hydrogen) atoms. The van der Waals surface area contributed by atoms with Gasteiger partial charge in [0.25, 0.3) is 0 Å². The lowest BCUT2D eigenvalue weighted by molar-refractivity contribution is -0.127. The van der Waals surface area contributed by atoms with Crippen LogP contribution in [0.25, 0.3) is 0 Å². The van der Waals surface area contributed by atoms with Crippen molar-refractivity contribution in [1.29, 1.82) is 0 Å². The van der Waals surface area contributed by atoms with Crippen LogP contribution in [0.15, 0.2) is 30.3 Å². The fourth-order valence-electron chi connectivity index (χ4n) is 2.91. The first-order chi connectivity index (χ1) is 10.6. The Morgan fingerprint density at radius 3 is 2.41 bits per heavy atom. The lowest BCUT2D eigenvalue weighted by Crippen LogP contribution is -2.46. The highest BCUT2D eigenvalue weighted by Crippen LogP contribution is 2.24. The Balaban J connectivity index is 1.98. The molecule has 2 N–H and O–H groups in total. The van der Waals surface area contributed by atoms with Gasteiger partial charge in [0.1, 0.15) is 6.04 Å². The first-order valence-electron chi connectivity index (χ1n) is 7.91. The Bertz CT molecular complexity index is 498. The van der Waals surface area contributed by atoms with Gasteiger partial charge in [-0.15, -0.1) is 0 Å². The van der Waals surface area contributed by atoms with Crippen molar-refractivity contribution in [2.24, 2.45) is 0 Å².